The molecule has 0 fully saturated rings. The SMILES string of the molecule is CCNCCNS(=O)(=O)c1cnn(-c2ccccc2)c1.Cl. The van der Waals surface area contributed by atoms with Gasteiger partial charge in [-0.1, -0.05) is 25.1 Å². The fourth-order valence-electron chi connectivity index (χ4n) is 1.70. The second-order valence-corrected chi connectivity index (χ2v) is 5.97. The van der Waals surface area contributed by atoms with Gasteiger partial charge in [-0.15, -0.1) is 12.4 Å². The molecule has 0 aliphatic rings. The maximum Gasteiger partial charge on any atom is 0.243 e. The molecule has 2 N–H and O–H groups in total. The van der Waals surface area contributed by atoms with Crippen LogP contribution in [0.5, 0.6) is 0 Å². The van der Waals surface area contributed by atoms with E-state index in [1.165, 1.54) is 12.4 Å². The summed E-state index contributed by atoms with van der Waals surface area (Å²) in [7, 11) is -3.50. The van der Waals surface area contributed by atoms with Crippen LogP contribution in [0.2, 0.25) is 0 Å². The van der Waals surface area contributed by atoms with Gasteiger partial charge in [-0.25, -0.2) is 17.8 Å². The molecule has 0 aliphatic heterocycles. The van der Waals surface area contributed by atoms with E-state index in [4.69, 9.17) is 0 Å². The highest BCUT2D eigenvalue weighted by molar-refractivity contribution is 7.89. The average Bonchev–Trinajstić information content (AvgIpc) is 2.95. The van der Waals surface area contributed by atoms with E-state index in [9.17, 15) is 8.42 Å². The van der Waals surface area contributed by atoms with E-state index in [0.29, 0.717) is 13.1 Å². The lowest BCUT2D eigenvalue weighted by atomic mass is 10.3. The highest BCUT2D eigenvalue weighted by Gasteiger charge is 2.15. The summed E-state index contributed by atoms with van der Waals surface area (Å²) in [5.41, 5.74) is 0.821. The van der Waals surface area contributed by atoms with Crippen LogP contribution >= 0.6 is 12.4 Å². The number of hydrogen-bond donors (Lipinski definition) is 2. The van der Waals surface area contributed by atoms with Gasteiger partial charge in [-0.05, 0) is 18.7 Å². The van der Waals surface area contributed by atoms with Crippen molar-refractivity contribution in [1.29, 1.82) is 0 Å². The van der Waals surface area contributed by atoms with E-state index in [0.717, 1.165) is 12.2 Å². The van der Waals surface area contributed by atoms with Crippen LogP contribution in [0.3, 0.4) is 0 Å². The van der Waals surface area contributed by atoms with Crippen molar-refractivity contribution < 1.29 is 8.42 Å². The molecule has 0 amide bonds. The van der Waals surface area contributed by atoms with Crippen LogP contribution < -0.4 is 10.0 Å². The molecule has 0 atom stereocenters. The standard InChI is InChI=1S/C13H18N4O2S.ClH/c1-2-14-8-9-16-20(18,19)13-10-15-17(11-13)12-6-4-3-5-7-12;/h3-7,10-11,14,16H,2,8-9H2,1H3;1H. The van der Waals surface area contributed by atoms with Crippen LogP contribution in [0.25, 0.3) is 5.69 Å². The predicted octanol–water partition coefficient (Wildman–Crippen LogP) is 1.18. The highest BCUT2D eigenvalue weighted by Crippen LogP contribution is 2.11. The number of aromatic nitrogens is 2. The maximum absolute atomic E-state index is 12.0. The van der Waals surface area contributed by atoms with Gasteiger partial charge in [-0.3, -0.25) is 0 Å². The van der Waals surface area contributed by atoms with E-state index in [2.05, 4.69) is 15.1 Å². The Morgan fingerprint density at radius 3 is 2.57 bits per heavy atom. The third kappa shape index (κ3) is 4.82. The van der Waals surface area contributed by atoms with Crippen LogP contribution in [0.4, 0.5) is 0 Å². The largest absolute Gasteiger partial charge is 0.316 e. The Balaban J connectivity index is 0.00000220. The van der Waals surface area contributed by atoms with Crippen LogP contribution in [0.1, 0.15) is 6.92 Å². The van der Waals surface area contributed by atoms with Crippen molar-refractivity contribution >= 4 is 22.4 Å². The second kappa shape index (κ2) is 8.14. The lowest BCUT2D eigenvalue weighted by molar-refractivity contribution is 0.577. The van der Waals surface area contributed by atoms with Gasteiger partial charge in [0.15, 0.2) is 0 Å². The number of likely N-dealkylation sites (N-methyl/N-ethyl adjacent to an activating group) is 1. The summed E-state index contributed by atoms with van der Waals surface area (Å²) in [4.78, 5) is 0.165. The molecule has 6 nitrogen and oxygen atoms in total. The minimum absolute atomic E-state index is 0. The van der Waals surface area contributed by atoms with E-state index >= 15 is 0 Å². The van der Waals surface area contributed by atoms with Crippen molar-refractivity contribution in [2.24, 2.45) is 0 Å². The Hall–Kier alpha value is -1.41. The molecule has 21 heavy (non-hydrogen) atoms. The number of rotatable bonds is 7. The smallest absolute Gasteiger partial charge is 0.243 e. The molecule has 0 unspecified atom stereocenters. The first-order valence-electron chi connectivity index (χ1n) is 6.44. The van der Waals surface area contributed by atoms with Gasteiger partial charge in [0.05, 0.1) is 18.1 Å². The molecule has 1 heterocycles. The first-order valence-corrected chi connectivity index (χ1v) is 7.92. The molecule has 0 saturated carbocycles. The van der Waals surface area contributed by atoms with E-state index in [1.54, 1.807) is 4.68 Å². The van der Waals surface area contributed by atoms with Gasteiger partial charge in [-0.2, -0.15) is 5.10 Å². The molecule has 1 aromatic heterocycles. The van der Waals surface area contributed by atoms with Gasteiger partial charge in [0.1, 0.15) is 4.90 Å². The van der Waals surface area contributed by atoms with Crippen molar-refractivity contribution in [3.8, 4) is 5.69 Å². The molecule has 8 heteroatoms. The predicted molar refractivity (Wildman–Crippen MR) is 84.5 cm³/mol. The summed E-state index contributed by atoms with van der Waals surface area (Å²) < 4.78 is 28.2. The van der Waals surface area contributed by atoms with Gasteiger partial charge in [0, 0.05) is 13.1 Å². The third-order valence-electron chi connectivity index (χ3n) is 2.73. The quantitative estimate of drug-likeness (QED) is 0.748. The van der Waals surface area contributed by atoms with E-state index in [1.807, 2.05) is 37.3 Å². The molecule has 0 aliphatic carbocycles. The van der Waals surface area contributed by atoms with E-state index in [-0.39, 0.29) is 17.3 Å². The maximum atomic E-state index is 12.0. The molecule has 2 rings (SSSR count). The zero-order chi connectivity index (χ0) is 14.4. The van der Waals surface area contributed by atoms with Gasteiger partial charge >= 0.3 is 0 Å². The van der Waals surface area contributed by atoms with E-state index < -0.39 is 10.0 Å². The van der Waals surface area contributed by atoms with Crippen molar-refractivity contribution in [1.82, 2.24) is 19.8 Å². The summed E-state index contributed by atoms with van der Waals surface area (Å²) in [6.45, 7) is 3.74. The molecule has 0 radical (unpaired) electrons. The van der Waals surface area contributed by atoms with Crippen LogP contribution in [0, 0.1) is 0 Å². The molecular formula is C13H19ClN4O2S. The average molecular weight is 331 g/mol. The zero-order valence-corrected chi connectivity index (χ0v) is 13.3. The summed E-state index contributed by atoms with van der Waals surface area (Å²) in [5.74, 6) is 0. The van der Waals surface area contributed by atoms with Crippen molar-refractivity contribution in [3.05, 3.63) is 42.7 Å². The fraction of sp³-hybridized carbons (Fsp3) is 0.308. The number of halogens is 1. The summed E-state index contributed by atoms with van der Waals surface area (Å²) >= 11 is 0. The van der Waals surface area contributed by atoms with Crippen LogP contribution in [0.15, 0.2) is 47.6 Å². The molecule has 2 aromatic rings. The third-order valence-corrected chi connectivity index (χ3v) is 4.15. The Kier molecular flexibility index (Phi) is 6.83. The lowest BCUT2D eigenvalue weighted by Gasteiger charge is -2.04. The molecule has 0 bridgehead atoms. The number of nitrogens with zero attached hydrogens (tertiary/aromatic N) is 2. The topological polar surface area (TPSA) is 76.0 Å². The fourth-order valence-corrected chi connectivity index (χ4v) is 2.66. The highest BCUT2D eigenvalue weighted by atomic mass is 35.5. The number of hydrogen-bond acceptors (Lipinski definition) is 4. The molecule has 1 aromatic carbocycles. The minimum atomic E-state index is -3.50. The van der Waals surface area contributed by atoms with Gasteiger partial charge in [0.2, 0.25) is 10.0 Å². The van der Waals surface area contributed by atoms with Gasteiger partial charge < -0.3 is 5.32 Å². The summed E-state index contributed by atoms with van der Waals surface area (Å²) in [5, 5.41) is 7.13. The molecule has 0 saturated heterocycles. The van der Waals surface area contributed by atoms with Gasteiger partial charge in [0.25, 0.3) is 0 Å². The zero-order valence-electron chi connectivity index (χ0n) is 11.7. The monoisotopic (exact) mass is 330 g/mol. The Bertz CT molecular complexity index is 643. The normalized spacial score (nSPS) is 11.1. The first-order chi connectivity index (χ1) is 9.63. The second-order valence-electron chi connectivity index (χ2n) is 4.21. The summed E-state index contributed by atoms with van der Waals surface area (Å²) in [6.07, 6.45) is 2.85. The van der Waals surface area contributed by atoms with Crippen molar-refractivity contribution in [2.75, 3.05) is 19.6 Å². The minimum Gasteiger partial charge on any atom is -0.316 e. The van der Waals surface area contributed by atoms with Crippen molar-refractivity contribution in [3.63, 3.8) is 0 Å². The molecule has 116 valence electrons. The lowest BCUT2D eigenvalue weighted by Crippen LogP contribution is -2.31. The number of sulfonamides is 1. The summed E-state index contributed by atoms with van der Waals surface area (Å²) in [6, 6.07) is 9.37. The molecular weight excluding hydrogens is 312 g/mol. The van der Waals surface area contributed by atoms with Crippen LogP contribution in [-0.2, 0) is 10.0 Å². The Morgan fingerprint density at radius 2 is 1.90 bits per heavy atom. The number of benzene rings is 1. The Morgan fingerprint density at radius 1 is 1.19 bits per heavy atom. The molecule has 0 spiro atoms. The van der Waals surface area contributed by atoms with Crippen LogP contribution in [-0.4, -0.2) is 37.8 Å². The first kappa shape index (κ1) is 17.6. The number of para-hydroxylation sites is 1. The Labute approximate surface area is 131 Å². The van der Waals surface area contributed by atoms with Crippen molar-refractivity contribution in [2.45, 2.75) is 11.8 Å². The number of nitrogens with one attached hydrogen (secondary N) is 2.